The molecule has 1 fully saturated rings. The van der Waals surface area contributed by atoms with Crippen LogP contribution in [0, 0.1) is 5.82 Å². The maximum Gasteiger partial charge on any atom is 0.226 e. The molecule has 3 nitrogen and oxygen atoms in total. The van der Waals surface area contributed by atoms with Crippen LogP contribution < -0.4 is 4.74 Å². The number of rotatable bonds is 4. The highest BCUT2D eigenvalue weighted by Gasteiger charge is 2.44. The summed E-state index contributed by atoms with van der Waals surface area (Å²) in [4.78, 5) is 14.5. The van der Waals surface area contributed by atoms with E-state index >= 15 is 0 Å². The number of benzene rings is 2. The number of halogens is 1. The van der Waals surface area contributed by atoms with E-state index in [0.717, 1.165) is 32.4 Å². The van der Waals surface area contributed by atoms with Crippen molar-refractivity contribution < 1.29 is 13.9 Å². The third-order valence-electron chi connectivity index (χ3n) is 5.57. The Morgan fingerprint density at radius 3 is 2.76 bits per heavy atom. The average molecular weight is 339 g/mol. The summed E-state index contributed by atoms with van der Waals surface area (Å²) in [6.07, 6.45) is 3.66. The topological polar surface area (TPSA) is 29.5 Å². The molecule has 2 aromatic carbocycles. The molecule has 0 saturated carbocycles. The van der Waals surface area contributed by atoms with Gasteiger partial charge in [-0.15, -0.1) is 0 Å². The molecule has 0 N–H and O–H groups in total. The van der Waals surface area contributed by atoms with Gasteiger partial charge in [0.15, 0.2) is 0 Å². The molecule has 1 aliphatic carbocycles. The molecule has 1 spiro atoms. The molecule has 1 saturated heterocycles. The quantitative estimate of drug-likeness (QED) is 0.850. The van der Waals surface area contributed by atoms with Gasteiger partial charge in [0.05, 0.1) is 13.0 Å². The van der Waals surface area contributed by atoms with Crippen molar-refractivity contribution in [2.75, 3.05) is 19.7 Å². The molecule has 130 valence electrons. The van der Waals surface area contributed by atoms with Gasteiger partial charge in [0.2, 0.25) is 5.91 Å². The number of likely N-dealkylation sites (tertiary alicyclic amines) is 1. The summed E-state index contributed by atoms with van der Waals surface area (Å²) in [5.74, 6) is 0.447. The zero-order chi connectivity index (χ0) is 17.3. The lowest BCUT2D eigenvalue weighted by molar-refractivity contribution is -0.130. The molecule has 0 aromatic heterocycles. The predicted octanol–water partition coefficient (Wildman–Crippen LogP) is 3.71. The maximum absolute atomic E-state index is 12.9. The summed E-state index contributed by atoms with van der Waals surface area (Å²) in [5.41, 5.74) is 3.04. The molecule has 4 rings (SSSR count). The standard InChI is InChI=1S/C21H22FNO2/c22-17-5-7-18(8-6-17)25-14-10-20(24)23-13-12-21(15-23)11-9-16-3-1-2-4-19(16)21/h1-8H,9-15H2. The number of amides is 1. The average Bonchev–Trinajstić information content (AvgIpc) is 3.23. The first-order valence-corrected chi connectivity index (χ1v) is 8.91. The molecule has 4 heteroatoms. The smallest absolute Gasteiger partial charge is 0.226 e. The number of ether oxygens (including phenoxy) is 1. The summed E-state index contributed by atoms with van der Waals surface area (Å²) in [5, 5.41) is 0. The van der Waals surface area contributed by atoms with Crippen LogP contribution in [0.1, 0.15) is 30.4 Å². The third kappa shape index (κ3) is 3.13. The Morgan fingerprint density at radius 2 is 1.92 bits per heavy atom. The fourth-order valence-corrected chi connectivity index (χ4v) is 4.22. The van der Waals surface area contributed by atoms with E-state index < -0.39 is 0 Å². The van der Waals surface area contributed by atoms with Gasteiger partial charge in [0.1, 0.15) is 11.6 Å². The molecule has 1 aliphatic heterocycles. The number of hydrogen-bond donors (Lipinski definition) is 0. The highest BCUT2D eigenvalue weighted by molar-refractivity contribution is 5.77. The van der Waals surface area contributed by atoms with Crippen molar-refractivity contribution >= 4 is 5.91 Å². The molecule has 0 radical (unpaired) electrons. The fourth-order valence-electron chi connectivity index (χ4n) is 4.22. The number of fused-ring (bicyclic) bond motifs is 2. The van der Waals surface area contributed by atoms with E-state index in [1.165, 1.54) is 23.3 Å². The second kappa shape index (κ2) is 6.51. The second-order valence-electron chi connectivity index (χ2n) is 7.06. The monoisotopic (exact) mass is 339 g/mol. The van der Waals surface area contributed by atoms with Gasteiger partial charge < -0.3 is 9.64 Å². The van der Waals surface area contributed by atoms with Crippen LogP contribution in [0.25, 0.3) is 0 Å². The predicted molar refractivity (Wildman–Crippen MR) is 94.2 cm³/mol. The van der Waals surface area contributed by atoms with Crippen LogP contribution in [0.5, 0.6) is 5.75 Å². The summed E-state index contributed by atoms with van der Waals surface area (Å²) >= 11 is 0. The Bertz CT molecular complexity index is 774. The molecule has 0 bridgehead atoms. The third-order valence-corrected chi connectivity index (χ3v) is 5.57. The van der Waals surface area contributed by atoms with E-state index in [1.54, 1.807) is 12.1 Å². The van der Waals surface area contributed by atoms with E-state index in [1.807, 2.05) is 4.90 Å². The number of carbonyl (C=O) groups is 1. The first kappa shape index (κ1) is 16.1. The van der Waals surface area contributed by atoms with Gasteiger partial charge in [0, 0.05) is 18.5 Å². The molecule has 2 aromatic rings. The van der Waals surface area contributed by atoms with E-state index in [9.17, 15) is 9.18 Å². The van der Waals surface area contributed by atoms with Crippen LogP contribution in [-0.2, 0) is 16.6 Å². The zero-order valence-electron chi connectivity index (χ0n) is 14.2. The van der Waals surface area contributed by atoms with Crippen molar-refractivity contribution in [2.24, 2.45) is 0 Å². The van der Waals surface area contributed by atoms with Crippen molar-refractivity contribution in [2.45, 2.75) is 31.1 Å². The van der Waals surface area contributed by atoms with Crippen molar-refractivity contribution in [3.8, 4) is 5.75 Å². The Morgan fingerprint density at radius 1 is 1.12 bits per heavy atom. The molecule has 1 unspecified atom stereocenters. The lowest BCUT2D eigenvalue weighted by atomic mass is 9.81. The highest BCUT2D eigenvalue weighted by Crippen LogP contribution is 2.45. The summed E-state index contributed by atoms with van der Waals surface area (Å²) in [7, 11) is 0. The van der Waals surface area contributed by atoms with E-state index in [0.29, 0.717) is 18.8 Å². The number of nitrogens with zero attached hydrogens (tertiary/aromatic N) is 1. The van der Waals surface area contributed by atoms with Crippen molar-refractivity contribution in [3.05, 3.63) is 65.5 Å². The first-order chi connectivity index (χ1) is 12.2. The Labute approximate surface area is 147 Å². The number of carbonyl (C=O) groups excluding carboxylic acids is 1. The van der Waals surface area contributed by atoms with Crippen LogP contribution in [0.3, 0.4) is 0 Å². The highest BCUT2D eigenvalue weighted by atomic mass is 19.1. The van der Waals surface area contributed by atoms with E-state index in [-0.39, 0.29) is 17.1 Å². The number of hydrogen-bond acceptors (Lipinski definition) is 2. The normalized spacial score (nSPS) is 21.6. The Hall–Kier alpha value is -2.36. The van der Waals surface area contributed by atoms with Gasteiger partial charge in [-0.05, 0) is 54.7 Å². The summed E-state index contributed by atoms with van der Waals surface area (Å²) < 4.78 is 18.4. The minimum Gasteiger partial charge on any atom is -0.493 e. The van der Waals surface area contributed by atoms with Crippen molar-refractivity contribution in [1.82, 2.24) is 4.90 Å². The second-order valence-corrected chi connectivity index (χ2v) is 7.06. The minimum absolute atomic E-state index is 0.142. The lowest BCUT2D eigenvalue weighted by Gasteiger charge is -2.25. The van der Waals surface area contributed by atoms with Gasteiger partial charge in [-0.25, -0.2) is 4.39 Å². The molecule has 2 aliphatic rings. The molecule has 1 amide bonds. The van der Waals surface area contributed by atoms with Gasteiger partial charge >= 0.3 is 0 Å². The largest absolute Gasteiger partial charge is 0.493 e. The molecular formula is C21H22FNO2. The van der Waals surface area contributed by atoms with Crippen LogP contribution in [0.2, 0.25) is 0 Å². The van der Waals surface area contributed by atoms with Crippen LogP contribution >= 0.6 is 0 Å². The van der Waals surface area contributed by atoms with E-state index in [2.05, 4.69) is 24.3 Å². The molecule has 1 atom stereocenters. The zero-order valence-corrected chi connectivity index (χ0v) is 14.2. The van der Waals surface area contributed by atoms with Crippen molar-refractivity contribution in [1.29, 1.82) is 0 Å². The van der Waals surface area contributed by atoms with Gasteiger partial charge in [-0.1, -0.05) is 24.3 Å². The molecule has 25 heavy (non-hydrogen) atoms. The minimum atomic E-state index is -0.289. The van der Waals surface area contributed by atoms with Crippen molar-refractivity contribution in [3.63, 3.8) is 0 Å². The fraction of sp³-hybridized carbons (Fsp3) is 0.381. The summed E-state index contributed by atoms with van der Waals surface area (Å²) in [6, 6.07) is 14.5. The Kier molecular flexibility index (Phi) is 4.20. The molecule has 1 heterocycles. The number of aryl methyl sites for hydroxylation is 1. The first-order valence-electron chi connectivity index (χ1n) is 8.91. The SMILES string of the molecule is O=C(CCOc1ccc(F)cc1)N1CCC2(CCc3ccccc32)C1. The van der Waals surface area contributed by atoms with Gasteiger partial charge in [-0.3, -0.25) is 4.79 Å². The van der Waals surface area contributed by atoms with Crippen LogP contribution in [0.15, 0.2) is 48.5 Å². The Balaban J connectivity index is 1.33. The van der Waals surface area contributed by atoms with Crippen LogP contribution in [-0.4, -0.2) is 30.5 Å². The van der Waals surface area contributed by atoms with Crippen LogP contribution in [0.4, 0.5) is 4.39 Å². The molecular weight excluding hydrogens is 317 g/mol. The van der Waals surface area contributed by atoms with E-state index in [4.69, 9.17) is 4.74 Å². The van der Waals surface area contributed by atoms with Gasteiger partial charge in [-0.2, -0.15) is 0 Å². The lowest BCUT2D eigenvalue weighted by Crippen LogP contribution is -2.34. The summed E-state index contributed by atoms with van der Waals surface area (Å²) in [6.45, 7) is 1.97. The van der Waals surface area contributed by atoms with Gasteiger partial charge in [0.25, 0.3) is 0 Å². The maximum atomic E-state index is 12.9.